The predicted molar refractivity (Wildman–Crippen MR) is 73.9 cm³/mol. The van der Waals surface area contributed by atoms with Gasteiger partial charge in [0.2, 0.25) is 0 Å². The fourth-order valence-corrected chi connectivity index (χ4v) is 2.49. The molecule has 0 saturated heterocycles. The Bertz CT molecular complexity index is 512. The first-order valence-electron chi connectivity index (χ1n) is 5.60. The smallest absolute Gasteiger partial charge is 0.195 e. The maximum Gasteiger partial charge on any atom is 0.195 e. The molecular formula is C11H16N4S2. The number of rotatable bonds is 5. The van der Waals surface area contributed by atoms with Gasteiger partial charge in [0.05, 0.1) is 4.88 Å². The van der Waals surface area contributed by atoms with Crippen LogP contribution < -0.4 is 0 Å². The van der Waals surface area contributed by atoms with Gasteiger partial charge in [0, 0.05) is 13.1 Å². The summed E-state index contributed by atoms with van der Waals surface area (Å²) in [5.41, 5.74) is 0. The standard InChI is InChI=1S/C11H16N4S2/c1-3-14(2)6-7-15-10(12-13-11(15)16)9-5-4-8-17-9/h4-5,8H,3,6-7H2,1-2H3,(H,13,16). The zero-order chi connectivity index (χ0) is 12.3. The molecular weight excluding hydrogens is 252 g/mol. The van der Waals surface area contributed by atoms with Gasteiger partial charge in [0.25, 0.3) is 0 Å². The van der Waals surface area contributed by atoms with Gasteiger partial charge in [0.15, 0.2) is 10.6 Å². The molecule has 0 amide bonds. The second kappa shape index (κ2) is 5.57. The minimum absolute atomic E-state index is 0.693. The number of aromatic amines is 1. The summed E-state index contributed by atoms with van der Waals surface area (Å²) in [5.74, 6) is 0.939. The average molecular weight is 268 g/mol. The van der Waals surface area contributed by atoms with Crippen LogP contribution in [-0.4, -0.2) is 39.8 Å². The van der Waals surface area contributed by atoms with Crippen LogP contribution in [0.3, 0.4) is 0 Å². The zero-order valence-electron chi connectivity index (χ0n) is 10.0. The molecule has 0 aliphatic carbocycles. The molecule has 0 aromatic carbocycles. The molecule has 0 radical (unpaired) electrons. The topological polar surface area (TPSA) is 36.9 Å². The first kappa shape index (κ1) is 12.5. The molecule has 6 heteroatoms. The fraction of sp³-hybridized carbons (Fsp3) is 0.455. The van der Waals surface area contributed by atoms with Gasteiger partial charge in [-0.25, -0.2) is 0 Å². The summed E-state index contributed by atoms with van der Waals surface area (Å²) in [5, 5.41) is 9.22. The molecule has 17 heavy (non-hydrogen) atoms. The molecule has 0 aliphatic heterocycles. The molecule has 2 rings (SSSR count). The Kier molecular flexibility index (Phi) is 4.09. The first-order valence-corrected chi connectivity index (χ1v) is 6.88. The lowest BCUT2D eigenvalue weighted by molar-refractivity contribution is 0.335. The van der Waals surface area contributed by atoms with Crippen LogP contribution in [0, 0.1) is 4.77 Å². The van der Waals surface area contributed by atoms with Gasteiger partial charge < -0.3 is 4.90 Å². The van der Waals surface area contributed by atoms with Crippen molar-refractivity contribution in [2.45, 2.75) is 13.5 Å². The lowest BCUT2D eigenvalue weighted by atomic mass is 10.4. The van der Waals surface area contributed by atoms with Crippen LogP contribution in [0.2, 0.25) is 0 Å². The highest BCUT2D eigenvalue weighted by Gasteiger charge is 2.09. The van der Waals surface area contributed by atoms with E-state index in [1.165, 1.54) is 0 Å². The number of aromatic nitrogens is 3. The highest BCUT2D eigenvalue weighted by Crippen LogP contribution is 2.22. The zero-order valence-corrected chi connectivity index (χ0v) is 11.6. The molecule has 92 valence electrons. The Morgan fingerprint density at radius 1 is 1.59 bits per heavy atom. The lowest BCUT2D eigenvalue weighted by Gasteiger charge is -2.14. The molecule has 0 spiro atoms. The molecule has 2 aromatic rings. The number of hydrogen-bond acceptors (Lipinski definition) is 4. The molecule has 0 saturated carbocycles. The van der Waals surface area contributed by atoms with Gasteiger partial charge >= 0.3 is 0 Å². The minimum Gasteiger partial charge on any atom is -0.305 e. The number of hydrogen-bond donors (Lipinski definition) is 1. The van der Waals surface area contributed by atoms with Gasteiger partial charge in [-0.2, -0.15) is 5.10 Å². The number of H-pyrrole nitrogens is 1. The number of nitrogens with zero attached hydrogens (tertiary/aromatic N) is 3. The van der Waals surface area contributed by atoms with Crippen molar-refractivity contribution in [2.75, 3.05) is 20.1 Å². The maximum absolute atomic E-state index is 5.27. The molecule has 0 atom stereocenters. The molecule has 2 heterocycles. The summed E-state index contributed by atoms with van der Waals surface area (Å²) >= 11 is 6.95. The number of likely N-dealkylation sites (N-methyl/N-ethyl adjacent to an activating group) is 1. The molecule has 1 N–H and O–H groups in total. The maximum atomic E-state index is 5.27. The van der Waals surface area contributed by atoms with Crippen LogP contribution in [-0.2, 0) is 6.54 Å². The van der Waals surface area contributed by atoms with E-state index in [1.807, 2.05) is 6.07 Å². The number of nitrogens with one attached hydrogen (secondary N) is 1. The summed E-state index contributed by atoms with van der Waals surface area (Å²) in [6.07, 6.45) is 0. The van der Waals surface area contributed by atoms with Gasteiger partial charge in [-0.05, 0) is 37.3 Å². The fourth-order valence-electron chi connectivity index (χ4n) is 1.55. The van der Waals surface area contributed by atoms with Gasteiger partial charge in [0.1, 0.15) is 0 Å². The summed E-state index contributed by atoms with van der Waals surface area (Å²) < 4.78 is 2.76. The summed E-state index contributed by atoms with van der Waals surface area (Å²) in [6.45, 7) is 5.03. The van der Waals surface area contributed by atoms with Crippen molar-refractivity contribution in [3.63, 3.8) is 0 Å². The third-order valence-electron chi connectivity index (χ3n) is 2.74. The Labute approximate surface area is 110 Å². The lowest BCUT2D eigenvalue weighted by Crippen LogP contribution is -2.23. The molecule has 4 nitrogen and oxygen atoms in total. The van der Waals surface area contributed by atoms with Crippen molar-refractivity contribution in [3.8, 4) is 10.7 Å². The molecule has 2 aromatic heterocycles. The molecule has 0 bridgehead atoms. The predicted octanol–water partition coefficient (Wildman–Crippen LogP) is 2.62. The van der Waals surface area contributed by atoms with E-state index in [9.17, 15) is 0 Å². The molecule has 0 aliphatic rings. The summed E-state index contributed by atoms with van der Waals surface area (Å²) in [7, 11) is 2.11. The summed E-state index contributed by atoms with van der Waals surface area (Å²) in [6, 6.07) is 4.09. The minimum atomic E-state index is 0.693. The van der Waals surface area contributed by atoms with Crippen molar-refractivity contribution in [1.82, 2.24) is 19.7 Å². The molecule has 0 fully saturated rings. The SMILES string of the molecule is CCN(C)CCn1c(-c2cccs2)n[nH]c1=S. The van der Waals surface area contributed by atoms with E-state index in [4.69, 9.17) is 12.2 Å². The van der Waals surface area contributed by atoms with Crippen LogP contribution in [0.1, 0.15) is 6.92 Å². The van der Waals surface area contributed by atoms with Gasteiger partial charge in [-0.1, -0.05) is 13.0 Å². The third-order valence-corrected chi connectivity index (χ3v) is 3.92. The van der Waals surface area contributed by atoms with Crippen LogP contribution in [0.4, 0.5) is 0 Å². The normalized spacial score (nSPS) is 11.2. The summed E-state index contributed by atoms with van der Waals surface area (Å²) in [4.78, 5) is 3.41. The van der Waals surface area contributed by atoms with Crippen molar-refractivity contribution >= 4 is 23.6 Å². The largest absolute Gasteiger partial charge is 0.305 e. The Morgan fingerprint density at radius 2 is 2.41 bits per heavy atom. The van der Waals surface area contributed by atoms with E-state index < -0.39 is 0 Å². The second-order valence-electron chi connectivity index (χ2n) is 3.88. The highest BCUT2D eigenvalue weighted by atomic mass is 32.1. The van der Waals surface area contributed by atoms with Crippen LogP contribution in [0.25, 0.3) is 10.7 Å². The van der Waals surface area contributed by atoms with Gasteiger partial charge in [-0.15, -0.1) is 11.3 Å². The van der Waals surface area contributed by atoms with Crippen molar-refractivity contribution < 1.29 is 0 Å². The van der Waals surface area contributed by atoms with Crippen LogP contribution in [0.15, 0.2) is 17.5 Å². The van der Waals surface area contributed by atoms with E-state index in [0.29, 0.717) is 4.77 Å². The Balaban J connectivity index is 2.22. The van der Waals surface area contributed by atoms with E-state index in [0.717, 1.165) is 30.3 Å². The molecule has 0 unspecified atom stereocenters. The Hall–Kier alpha value is -0.980. The monoisotopic (exact) mass is 268 g/mol. The van der Waals surface area contributed by atoms with E-state index in [-0.39, 0.29) is 0 Å². The van der Waals surface area contributed by atoms with Gasteiger partial charge in [-0.3, -0.25) is 9.67 Å². The second-order valence-corrected chi connectivity index (χ2v) is 5.21. The van der Waals surface area contributed by atoms with Crippen molar-refractivity contribution in [2.24, 2.45) is 0 Å². The van der Waals surface area contributed by atoms with E-state index in [1.54, 1.807) is 11.3 Å². The Morgan fingerprint density at radius 3 is 3.06 bits per heavy atom. The highest BCUT2D eigenvalue weighted by molar-refractivity contribution is 7.71. The number of thiophene rings is 1. The van der Waals surface area contributed by atoms with E-state index >= 15 is 0 Å². The first-order chi connectivity index (χ1) is 8.22. The quantitative estimate of drug-likeness (QED) is 0.847. The average Bonchev–Trinajstić information content (AvgIpc) is 2.95. The van der Waals surface area contributed by atoms with Crippen molar-refractivity contribution in [3.05, 3.63) is 22.3 Å². The van der Waals surface area contributed by atoms with Crippen LogP contribution >= 0.6 is 23.6 Å². The van der Waals surface area contributed by atoms with Crippen LogP contribution in [0.5, 0.6) is 0 Å². The van der Waals surface area contributed by atoms with Crippen molar-refractivity contribution in [1.29, 1.82) is 0 Å². The van der Waals surface area contributed by atoms with E-state index in [2.05, 4.69) is 45.1 Å². The third kappa shape index (κ3) is 2.83.